The second-order valence-electron chi connectivity index (χ2n) is 3.13. The van der Waals surface area contributed by atoms with Crippen LogP contribution in [-0.2, 0) is 14.3 Å². The fraction of sp³-hybridized carbons (Fsp3) is 0.857. The van der Waals surface area contributed by atoms with Gasteiger partial charge in [-0.3, -0.25) is 0 Å². The number of hydrogen-bond donors (Lipinski definition) is 1. The van der Waals surface area contributed by atoms with E-state index in [1.807, 2.05) is 0 Å². The van der Waals surface area contributed by atoms with Gasteiger partial charge in [-0.15, -0.1) is 0 Å². The molecule has 0 amide bonds. The fourth-order valence-electron chi connectivity index (χ4n) is 1.02. The van der Waals surface area contributed by atoms with E-state index >= 15 is 0 Å². The summed E-state index contributed by atoms with van der Waals surface area (Å²) in [6.45, 7) is 3.37. The van der Waals surface area contributed by atoms with Crippen LogP contribution in [0.15, 0.2) is 0 Å². The molecule has 1 aliphatic rings. The number of carbonyl (C=O) groups is 1. The topological polar surface area (TPSA) is 78.8 Å². The van der Waals surface area contributed by atoms with Gasteiger partial charge in [0.15, 0.2) is 5.79 Å². The Bertz CT molecular complexity index is 193. The number of aliphatic hydroxyl groups excluding tert-OH is 1. The van der Waals surface area contributed by atoms with Crippen molar-refractivity contribution in [1.29, 1.82) is 0 Å². The van der Waals surface area contributed by atoms with E-state index in [1.54, 1.807) is 13.8 Å². The summed E-state index contributed by atoms with van der Waals surface area (Å²) in [4.78, 5) is 10.2. The molecule has 0 spiro atoms. The third-order valence-corrected chi connectivity index (χ3v) is 1.62. The average molecular weight is 214 g/mol. The van der Waals surface area contributed by atoms with Crippen LogP contribution >= 0.6 is 0 Å². The van der Waals surface area contributed by atoms with Crippen molar-refractivity contribution in [2.45, 2.75) is 31.8 Å². The van der Waals surface area contributed by atoms with Crippen molar-refractivity contribution < 1.29 is 75.9 Å². The van der Waals surface area contributed by atoms with Gasteiger partial charge in [0.2, 0.25) is 0 Å². The van der Waals surface area contributed by atoms with E-state index in [0.29, 0.717) is 0 Å². The third kappa shape index (κ3) is 3.92. The van der Waals surface area contributed by atoms with E-state index in [2.05, 4.69) is 0 Å². The molecular formula is C7H11KO5. The summed E-state index contributed by atoms with van der Waals surface area (Å²) < 4.78 is 10.1. The van der Waals surface area contributed by atoms with Crippen LogP contribution in [0.1, 0.15) is 13.8 Å². The van der Waals surface area contributed by atoms with E-state index in [-0.39, 0.29) is 58.0 Å². The van der Waals surface area contributed by atoms with Crippen LogP contribution in [0.25, 0.3) is 0 Å². The van der Waals surface area contributed by atoms with Crippen molar-refractivity contribution >= 4 is 5.97 Å². The van der Waals surface area contributed by atoms with E-state index in [0.717, 1.165) is 0 Å². The molecule has 0 aromatic heterocycles. The Hall–Kier alpha value is 0.986. The molecule has 70 valence electrons. The molecule has 2 atom stereocenters. The van der Waals surface area contributed by atoms with Crippen LogP contribution in [0.4, 0.5) is 0 Å². The van der Waals surface area contributed by atoms with Gasteiger partial charge in [0.25, 0.3) is 0 Å². The van der Waals surface area contributed by atoms with Gasteiger partial charge in [-0.2, -0.15) is 0 Å². The van der Waals surface area contributed by atoms with E-state index in [9.17, 15) is 9.90 Å². The molecular weight excluding hydrogens is 203 g/mol. The van der Waals surface area contributed by atoms with Crippen molar-refractivity contribution in [2.75, 3.05) is 6.61 Å². The number of hydrogen-bond acceptors (Lipinski definition) is 5. The molecule has 0 bridgehead atoms. The fourth-order valence-corrected chi connectivity index (χ4v) is 1.02. The largest absolute Gasteiger partial charge is 1.00 e. The summed E-state index contributed by atoms with van der Waals surface area (Å²) in [5, 5.41) is 19.2. The standard InChI is InChI=1S/C7H12O5.K/c1-7(2)11-3-4(12-7)5(8)6(9)10;/h4-5,8H,3H2,1-2H3,(H,9,10);/q;+1/p-1/t4-,5+;/m1./s1. The molecule has 0 saturated carbocycles. The summed E-state index contributed by atoms with van der Waals surface area (Å²) in [7, 11) is 0. The second-order valence-corrected chi connectivity index (χ2v) is 3.13. The Morgan fingerprint density at radius 3 is 2.54 bits per heavy atom. The zero-order valence-corrected chi connectivity index (χ0v) is 11.1. The van der Waals surface area contributed by atoms with Gasteiger partial charge in [0.1, 0.15) is 12.2 Å². The zero-order valence-electron chi connectivity index (χ0n) is 7.94. The molecule has 0 aromatic rings. The first-order chi connectivity index (χ1) is 5.42. The SMILES string of the molecule is CC1(C)OC[C@H]([C@H](O)C(=O)[O-])O1.[K+]. The van der Waals surface area contributed by atoms with Crippen molar-refractivity contribution in [3.63, 3.8) is 0 Å². The Kier molecular flexibility index (Phi) is 5.57. The normalized spacial score (nSPS) is 27.8. The maximum Gasteiger partial charge on any atom is 1.00 e. The van der Waals surface area contributed by atoms with Gasteiger partial charge < -0.3 is 24.5 Å². The summed E-state index contributed by atoms with van der Waals surface area (Å²) in [6, 6.07) is 0. The maximum absolute atomic E-state index is 10.2. The molecule has 6 heteroatoms. The molecule has 13 heavy (non-hydrogen) atoms. The van der Waals surface area contributed by atoms with E-state index in [1.165, 1.54) is 0 Å². The van der Waals surface area contributed by atoms with Crippen molar-refractivity contribution in [1.82, 2.24) is 0 Å². The first kappa shape index (κ1) is 14.0. The van der Waals surface area contributed by atoms with Crippen LogP contribution in [-0.4, -0.2) is 35.7 Å². The minimum atomic E-state index is -1.62. The summed E-state index contributed by atoms with van der Waals surface area (Å²) >= 11 is 0. The van der Waals surface area contributed by atoms with Gasteiger partial charge in [-0.05, 0) is 13.8 Å². The zero-order chi connectivity index (χ0) is 9.35. The van der Waals surface area contributed by atoms with Crippen molar-refractivity contribution in [2.24, 2.45) is 0 Å². The Labute approximate surface area is 119 Å². The number of carbonyl (C=O) groups excluding carboxylic acids is 1. The number of carboxylic acid groups (broad SMARTS) is 1. The molecule has 1 heterocycles. The smallest absolute Gasteiger partial charge is 0.547 e. The number of rotatable bonds is 2. The molecule has 0 radical (unpaired) electrons. The van der Waals surface area contributed by atoms with Gasteiger partial charge in [0, 0.05) is 0 Å². The predicted octanol–water partition coefficient (Wildman–Crippen LogP) is -4.75. The van der Waals surface area contributed by atoms with Crippen LogP contribution in [0.3, 0.4) is 0 Å². The Balaban J connectivity index is 0.00000144. The van der Waals surface area contributed by atoms with Crippen LogP contribution < -0.4 is 56.5 Å². The molecule has 0 aromatic carbocycles. The molecule has 0 unspecified atom stereocenters. The van der Waals surface area contributed by atoms with E-state index < -0.39 is 24.0 Å². The first-order valence-electron chi connectivity index (χ1n) is 3.63. The predicted molar refractivity (Wildman–Crippen MR) is 35.9 cm³/mol. The minimum absolute atomic E-state index is 0. The molecule has 1 fully saturated rings. The molecule has 1 aliphatic heterocycles. The van der Waals surface area contributed by atoms with Crippen molar-refractivity contribution in [3.05, 3.63) is 0 Å². The molecule has 5 nitrogen and oxygen atoms in total. The summed E-state index contributed by atoms with van der Waals surface area (Å²) in [5.41, 5.74) is 0. The maximum atomic E-state index is 10.2. The Morgan fingerprint density at radius 1 is 1.69 bits per heavy atom. The van der Waals surface area contributed by atoms with Gasteiger partial charge >= 0.3 is 51.4 Å². The van der Waals surface area contributed by atoms with Gasteiger partial charge in [-0.1, -0.05) is 0 Å². The van der Waals surface area contributed by atoms with Crippen LogP contribution in [0, 0.1) is 0 Å². The summed E-state index contributed by atoms with van der Waals surface area (Å²) in [5.74, 6) is -2.36. The number of ether oxygens (including phenoxy) is 2. The van der Waals surface area contributed by atoms with Crippen LogP contribution in [0.5, 0.6) is 0 Å². The monoisotopic (exact) mass is 214 g/mol. The third-order valence-electron chi connectivity index (χ3n) is 1.62. The minimum Gasteiger partial charge on any atom is -0.547 e. The number of aliphatic carboxylic acids is 1. The van der Waals surface area contributed by atoms with E-state index in [4.69, 9.17) is 14.6 Å². The average Bonchev–Trinajstić information content (AvgIpc) is 2.28. The number of carboxylic acids is 1. The van der Waals surface area contributed by atoms with Gasteiger partial charge in [0.05, 0.1) is 12.6 Å². The van der Waals surface area contributed by atoms with Crippen molar-refractivity contribution in [3.8, 4) is 0 Å². The molecule has 1 rings (SSSR count). The molecule has 1 saturated heterocycles. The Morgan fingerprint density at radius 2 is 2.23 bits per heavy atom. The van der Waals surface area contributed by atoms with Crippen LogP contribution in [0.2, 0.25) is 0 Å². The quantitative estimate of drug-likeness (QED) is 0.467. The first-order valence-corrected chi connectivity index (χ1v) is 3.63. The second kappa shape index (κ2) is 5.18. The number of aliphatic hydroxyl groups is 1. The molecule has 1 N–H and O–H groups in total. The summed E-state index contributed by atoms with van der Waals surface area (Å²) in [6.07, 6.45) is -2.45. The molecule has 0 aliphatic carbocycles. The van der Waals surface area contributed by atoms with Gasteiger partial charge in [-0.25, -0.2) is 0 Å².